The third-order valence-corrected chi connectivity index (χ3v) is 2.63. The smallest absolute Gasteiger partial charge is 0.100 e. The number of rotatable bonds is 7. The highest BCUT2D eigenvalue weighted by molar-refractivity contribution is 5.14. The molecule has 0 aromatic carbocycles. The quantitative estimate of drug-likeness (QED) is 0.721. The zero-order valence-corrected chi connectivity index (χ0v) is 10.8. The summed E-state index contributed by atoms with van der Waals surface area (Å²) in [7, 11) is 1.67. The van der Waals surface area contributed by atoms with Crippen LogP contribution in [0.25, 0.3) is 0 Å². The Morgan fingerprint density at radius 1 is 1.47 bits per heavy atom. The van der Waals surface area contributed by atoms with Crippen LogP contribution in [0.3, 0.4) is 0 Å². The molecule has 0 aliphatic carbocycles. The second-order valence-electron chi connectivity index (χ2n) is 4.47. The van der Waals surface area contributed by atoms with Gasteiger partial charge in [0.1, 0.15) is 5.69 Å². The van der Waals surface area contributed by atoms with E-state index in [0.29, 0.717) is 18.9 Å². The van der Waals surface area contributed by atoms with Crippen molar-refractivity contribution in [2.24, 2.45) is 5.92 Å². The van der Waals surface area contributed by atoms with E-state index < -0.39 is 0 Å². The molecule has 0 aliphatic rings. The normalized spacial score (nSPS) is 10.8. The number of aromatic nitrogens is 3. The van der Waals surface area contributed by atoms with Gasteiger partial charge in [0.15, 0.2) is 0 Å². The highest BCUT2D eigenvalue weighted by Crippen LogP contribution is 2.10. The van der Waals surface area contributed by atoms with E-state index in [9.17, 15) is 0 Å². The molecule has 0 atom stereocenters. The van der Waals surface area contributed by atoms with E-state index in [2.05, 4.69) is 30.2 Å². The van der Waals surface area contributed by atoms with Gasteiger partial charge in [-0.1, -0.05) is 19.1 Å². The van der Waals surface area contributed by atoms with Crippen LogP contribution >= 0.6 is 0 Å². The van der Waals surface area contributed by atoms with Gasteiger partial charge in [0.25, 0.3) is 0 Å². The SMILES string of the molecule is COCCc1c(CC#N)nnn1CCC(C)C. The monoisotopic (exact) mass is 236 g/mol. The number of methoxy groups -OCH3 is 1. The molecular weight excluding hydrogens is 216 g/mol. The summed E-state index contributed by atoms with van der Waals surface area (Å²) in [5.41, 5.74) is 1.82. The first-order chi connectivity index (χ1) is 8.19. The van der Waals surface area contributed by atoms with Gasteiger partial charge >= 0.3 is 0 Å². The number of nitriles is 1. The average Bonchev–Trinajstić information content (AvgIpc) is 2.67. The molecule has 0 N–H and O–H groups in total. The lowest BCUT2D eigenvalue weighted by molar-refractivity contribution is 0.199. The summed E-state index contributed by atoms with van der Waals surface area (Å²) < 4.78 is 6.99. The summed E-state index contributed by atoms with van der Waals surface area (Å²) in [6.45, 7) is 5.85. The van der Waals surface area contributed by atoms with E-state index in [1.54, 1.807) is 7.11 Å². The standard InChI is InChI=1S/C12H20N4O/c1-10(2)5-8-16-12(6-9-17-3)11(4-7-13)14-15-16/h10H,4-6,8-9H2,1-3H3. The molecule has 0 saturated heterocycles. The Bertz CT molecular complexity index is 378. The van der Waals surface area contributed by atoms with Crippen LogP contribution in [0.2, 0.25) is 0 Å². The molecular formula is C12H20N4O. The third kappa shape index (κ3) is 4.16. The van der Waals surface area contributed by atoms with Crippen LogP contribution in [0.5, 0.6) is 0 Å². The van der Waals surface area contributed by atoms with Crippen molar-refractivity contribution < 1.29 is 4.74 Å². The van der Waals surface area contributed by atoms with Crippen LogP contribution in [0.15, 0.2) is 0 Å². The molecule has 1 heterocycles. The van der Waals surface area contributed by atoms with Gasteiger partial charge in [-0.2, -0.15) is 5.26 Å². The molecule has 0 radical (unpaired) electrons. The minimum atomic E-state index is 0.320. The molecule has 0 spiro atoms. The second kappa shape index (κ2) is 7.02. The fourth-order valence-corrected chi connectivity index (χ4v) is 1.61. The predicted octanol–water partition coefficient (Wildman–Crippen LogP) is 1.58. The molecule has 17 heavy (non-hydrogen) atoms. The van der Waals surface area contributed by atoms with Gasteiger partial charge in [-0.15, -0.1) is 5.10 Å². The van der Waals surface area contributed by atoms with E-state index in [4.69, 9.17) is 10.00 Å². The molecule has 1 rings (SSSR count). The number of aryl methyl sites for hydroxylation is 1. The maximum atomic E-state index is 8.74. The maximum absolute atomic E-state index is 8.74. The molecule has 0 saturated carbocycles. The first-order valence-corrected chi connectivity index (χ1v) is 5.96. The maximum Gasteiger partial charge on any atom is 0.100 e. The number of nitrogens with zero attached hydrogens (tertiary/aromatic N) is 4. The molecule has 5 heteroatoms. The summed E-state index contributed by atoms with van der Waals surface area (Å²) in [4.78, 5) is 0. The molecule has 0 fully saturated rings. The van der Waals surface area contributed by atoms with Crippen LogP contribution < -0.4 is 0 Å². The van der Waals surface area contributed by atoms with Gasteiger partial charge < -0.3 is 4.74 Å². The Morgan fingerprint density at radius 3 is 2.82 bits per heavy atom. The zero-order chi connectivity index (χ0) is 12.7. The first kappa shape index (κ1) is 13.7. The van der Waals surface area contributed by atoms with Gasteiger partial charge in [-0.25, -0.2) is 4.68 Å². The fraction of sp³-hybridized carbons (Fsp3) is 0.750. The van der Waals surface area contributed by atoms with Crippen molar-refractivity contribution in [1.29, 1.82) is 5.26 Å². The van der Waals surface area contributed by atoms with Crippen molar-refractivity contribution in [3.05, 3.63) is 11.4 Å². The Kier molecular flexibility index (Phi) is 5.64. The molecule has 1 aromatic rings. The van der Waals surface area contributed by atoms with Gasteiger partial charge in [-0.05, 0) is 12.3 Å². The third-order valence-electron chi connectivity index (χ3n) is 2.63. The lowest BCUT2D eigenvalue weighted by atomic mass is 10.1. The van der Waals surface area contributed by atoms with E-state index in [-0.39, 0.29) is 0 Å². The van der Waals surface area contributed by atoms with Crippen LogP contribution in [0.4, 0.5) is 0 Å². The van der Waals surface area contributed by atoms with Crippen LogP contribution in [-0.4, -0.2) is 28.7 Å². The number of ether oxygens (including phenoxy) is 1. The lowest BCUT2D eigenvalue weighted by Crippen LogP contribution is -2.10. The highest BCUT2D eigenvalue weighted by atomic mass is 16.5. The lowest BCUT2D eigenvalue weighted by Gasteiger charge is -2.08. The largest absolute Gasteiger partial charge is 0.384 e. The van der Waals surface area contributed by atoms with Gasteiger partial charge in [0, 0.05) is 20.1 Å². The predicted molar refractivity (Wildman–Crippen MR) is 64.4 cm³/mol. The Balaban J connectivity index is 2.77. The van der Waals surface area contributed by atoms with Crippen molar-refractivity contribution >= 4 is 0 Å². The van der Waals surface area contributed by atoms with Crippen molar-refractivity contribution in [1.82, 2.24) is 15.0 Å². The Labute approximate surface area is 102 Å². The summed E-state index contributed by atoms with van der Waals surface area (Å²) in [5, 5.41) is 16.9. The van der Waals surface area contributed by atoms with E-state index >= 15 is 0 Å². The molecule has 0 bridgehead atoms. The summed E-state index contributed by atoms with van der Waals surface area (Å²) in [6.07, 6.45) is 2.15. The van der Waals surface area contributed by atoms with E-state index in [1.807, 2.05) is 4.68 Å². The van der Waals surface area contributed by atoms with Crippen LogP contribution in [-0.2, 0) is 24.1 Å². The van der Waals surface area contributed by atoms with Crippen molar-refractivity contribution in [3.63, 3.8) is 0 Å². The van der Waals surface area contributed by atoms with E-state index in [0.717, 1.165) is 30.8 Å². The van der Waals surface area contributed by atoms with Crippen LogP contribution in [0, 0.1) is 17.2 Å². The molecule has 1 aromatic heterocycles. The topological polar surface area (TPSA) is 63.7 Å². The molecule has 5 nitrogen and oxygen atoms in total. The Morgan fingerprint density at radius 2 is 2.24 bits per heavy atom. The minimum Gasteiger partial charge on any atom is -0.384 e. The fourth-order valence-electron chi connectivity index (χ4n) is 1.61. The van der Waals surface area contributed by atoms with Gasteiger partial charge in [0.05, 0.1) is 24.8 Å². The molecule has 0 aliphatic heterocycles. The number of hydrogen-bond donors (Lipinski definition) is 0. The first-order valence-electron chi connectivity index (χ1n) is 5.96. The Hall–Kier alpha value is -1.41. The van der Waals surface area contributed by atoms with Crippen molar-refractivity contribution in [3.8, 4) is 6.07 Å². The molecule has 94 valence electrons. The van der Waals surface area contributed by atoms with Crippen molar-refractivity contribution in [2.75, 3.05) is 13.7 Å². The highest BCUT2D eigenvalue weighted by Gasteiger charge is 2.12. The van der Waals surface area contributed by atoms with Crippen molar-refractivity contribution in [2.45, 2.75) is 39.7 Å². The summed E-state index contributed by atoms with van der Waals surface area (Å²) in [6, 6.07) is 2.12. The van der Waals surface area contributed by atoms with E-state index in [1.165, 1.54) is 0 Å². The zero-order valence-electron chi connectivity index (χ0n) is 10.8. The van der Waals surface area contributed by atoms with Gasteiger partial charge in [0.2, 0.25) is 0 Å². The number of hydrogen-bond acceptors (Lipinski definition) is 4. The second-order valence-corrected chi connectivity index (χ2v) is 4.47. The average molecular weight is 236 g/mol. The molecule has 0 unspecified atom stereocenters. The van der Waals surface area contributed by atoms with Crippen LogP contribution in [0.1, 0.15) is 31.7 Å². The molecule has 0 amide bonds. The van der Waals surface area contributed by atoms with Gasteiger partial charge in [-0.3, -0.25) is 0 Å². The minimum absolute atomic E-state index is 0.320. The summed E-state index contributed by atoms with van der Waals surface area (Å²) in [5.74, 6) is 0.633. The summed E-state index contributed by atoms with van der Waals surface area (Å²) >= 11 is 0.